The van der Waals surface area contributed by atoms with Crippen LogP contribution in [0.15, 0.2) is 48.5 Å². The van der Waals surface area contributed by atoms with E-state index in [1.807, 2.05) is 18.2 Å². The smallest absolute Gasteiger partial charge is 0.126 e. The van der Waals surface area contributed by atoms with Crippen LogP contribution in [-0.2, 0) is 0 Å². The number of hydrogen-bond acceptors (Lipinski definition) is 2. The van der Waals surface area contributed by atoms with E-state index in [2.05, 4.69) is 35.6 Å². The Balaban J connectivity index is 0.00000147. The third-order valence-corrected chi connectivity index (χ3v) is 3.79. The van der Waals surface area contributed by atoms with Gasteiger partial charge in [-0.1, -0.05) is 42.5 Å². The van der Waals surface area contributed by atoms with Crippen molar-refractivity contribution in [2.75, 3.05) is 13.7 Å². The standard InChI is InChI=1S/C17H19NO.ClH/c1-19-17-7-3-2-5-15(17)13-8-10-14(11-9-13)16-6-4-12-18-16;/h2-3,5,7-11,16,18H,4,6,12H2,1H3;1H. The van der Waals surface area contributed by atoms with Gasteiger partial charge in [0.25, 0.3) is 0 Å². The van der Waals surface area contributed by atoms with Crippen LogP contribution in [0.25, 0.3) is 11.1 Å². The van der Waals surface area contributed by atoms with Gasteiger partial charge in [-0.3, -0.25) is 0 Å². The lowest BCUT2D eigenvalue weighted by atomic mass is 9.99. The molecule has 2 nitrogen and oxygen atoms in total. The van der Waals surface area contributed by atoms with Crippen LogP contribution in [-0.4, -0.2) is 13.7 Å². The van der Waals surface area contributed by atoms with Gasteiger partial charge in [0.05, 0.1) is 7.11 Å². The highest BCUT2D eigenvalue weighted by Gasteiger charge is 2.15. The van der Waals surface area contributed by atoms with Crippen molar-refractivity contribution in [1.82, 2.24) is 5.32 Å². The van der Waals surface area contributed by atoms with Crippen molar-refractivity contribution in [3.05, 3.63) is 54.1 Å². The Morgan fingerprint density at radius 2 is 1.80 bits per heavy atom. The molecular formula is C17H20ClNO. The largest absolute Gasteiger partial charge is 0.496 e. The van der Waals surface area contributed by atoms with Gasteiger partial charge in [0.15, 0.2) is 0 Å². The highest BCUT2D eigenvalue weighted by Crippen LogP contribution is 2.31. The summed E-state index contributed by atoms with van der Waals surface area (Å²) < 4.78 is 5.42. The molecule has 1 atom stereocenters. The minimum atomic E-state index is 0. The molecule has 106 valence electrons. The molecule has 0 aliphatic carbocycles. The average molecular weight is 290 g/mol. The molecule has 0 amide bonds. The van der Waals surface area contributed by atoms with Gasteiger partial charge < -0.3 is 10.1 Å². The number of rotatable bonds is 3. The Morgan fingerprint density at radius 1 is 1.05 bits per heavy atom. The number of nitrogens with one attached hydrogen (secondary N) is 1. The highest BCUT2D eigenvalue weighted by molar-refractivity contribution is 5.85. The molecule has 3 heteroatoms. The molecule has 0 spiro atoms. The number of methoxy groups -OCH3 is 1. The lowest BCUT2D eigenvalue weighted by Gasteiger charge is -2.12. The zero-order valence-corrected chi connectivity index (χ0v) is 12.5. The zero-order valence-electron chi connectivity index (χ0n) is 11.6. The predicted octanol–water partition coefficient (Wildman–Crippen LogP) is 4.21. The van der Waals surface area contributed by atoms with E-state index in [4.69, 9.17) is 4.74 Å². The topological polar surface area (TPSA) is 21.3 Å². The predicted molar refractivity (Wildman–Crippen MR) is 85.7 cm³/mol. The van der Waals surface area contributed by atoms with Crippen molar-refractivity contribution >= 4 is 12.4 Å². The van der Waals surface area contributed by atoms with Gasteiger partial charge in [0, 0.05) is 11.6 Å². The molecule has 1 unspecified atom stereocenters. The molecule has 1 saturated heterocycles. The monoisotopic (exact) mass is 289 g/mol. The van der Waals surface area contributed by atoms with Gasteiger partial charge in [0.1, 0.15) is 5.75 Å². The van der Waals surface area contributed by atoms with Gasteiger partial charge in [-0.2, -0.15) is 0 Å². The van der Waals surface area contributed by atoms with Crippen LogP contribution in [0.4, 0.5) is 0 Å². The Hall–Kier alpha value is -1.51. The maximum absolute atomic E-state index is 5.42. The molecule has 0 bridgehead atoms. The summed E-state index contributed by atoms with van der Waals surface area (Å²) in [6.45, 7) is 1.14. The first-order chi connectivity index (χ1) is 9.38. The number of para-hydroxylation sites is 1. The molecule has 0 radical (unpaired) electrons. The molecule has 1 heterocycles. The molecule has 2 aromatic rings. The fourth-order valence-electron chi connectivity index (χ4n) is 2.75. The van der Waals surface area contributed by atoms with Crippen LogP contribution in [0, 0.1) is 0 Å². The molecule has 1 aliphatic heterocycles. The summed E-state index contributed by atoms with van der Waals surface area (Å²) in [6, 6.07) is 17.5. The summed E-state index contributed by atoms with van der Waals surface area (Å²) in [6.07, 6.45) is 2.52. The summed E-state index contributed by atoms with van der Waals surface area (Å²) in [5.41, 5.74) is 3.74. The first-order valence-electron chi connectivity index (χ1n) is 6.85. The molecule has 3 rings (SSSR count). The van der Waals surface area contributed by atoms with Gasteiger partial charge in [-0.25, -0.2) is 0 Å². The Labute approximate surface area is 126 Å². The first-order valence-corrected chi connectivity index (χ1v) is 6.85. The highest BCUT2D eigenvalue weighted by atomic mass is 35.5. The number of ether oxygens (including phenoxy) is 1. The van der Waals surface area contributed by atoms with E-state index in [1.54, 1.807) is 7.11 Å². The van der Waals surface area contributed by atoms with E-state index in [0.29, 0.717) is 6.04 Å². The van der Waals surface area contributed by atoms with Gasteiger partial charge in [0.2, 0.25) is 0 Å². The zero-order chi connectivity index (χ0) is 13.1. The van der Waals surface area contributed by atoms with Crippen molar-refractivity contribution in [3.63, 3.8) is 0 Å². The maximum Gasteiger partial charge on any atom is 0.126 e. The van der Waals surface area contributed by atoms with Crippen LogP contribution >= 0.6 is 12.4 Å². The molecule has 1 aliphatic rings. The molecule has 0 aromatic heterocycles. The van der Waals surface area contributed by atoms with E-state index < -0.39 is 0 Å². The summed E-state index contributed by atoms with van der Waals surface area (Å²) in [7, 11) is 1.72. The average Bonchev–Trinajstić information content (AvgIpc) is 3.02. The van der Waals surface area contributed by atoms with Gasteiger partial charge in [-0.05, 0) is 36.6 Å². The Bertz CT molecular complexity index is 547. The molecule has 20 heavy (non-hydrogen) atoms. The van der Waals surface area contributed by atoms with Crippen LogP contribution in [0.2, 0.25) is 0 Å². The number of halogens is 1. The van der Waals surface area contributed by atoms with Crippen LogP contribution < -0.4 is 10.1 Å². The minimum Gasteiger partial charge on any atom is -0.496 e. The quantitative estimate of drug-likeness (QED) is 0.914. The van der Waals surface area contributed by atoms with Crippen molar-refractivity contribution in [3.8, 4) is 16.9 Å². The van der Waals surface area contributed by atoms with Crippen molar-refractivity contribution < 1.29 is 4.74 Å². The van der Waals surface area contributed by atoms with E-state index in [9.17, 15) is 0 Å². The molecule has 2 aromatic carbocycles. The van der Waals surface area contributed by atoms with Crippen molar-refractivity contribution in [2.45, 2.75) is 18.9 Å². The minimum absolute atomic E-state index is 0. The van der Waals surface area contributed by atoms with E-state index in [1.165, 1.54) is 24.0 Å². The number of hydrogen-bond donors (Lipinski definition) is 1. The second-order valence-corrected chi connectivity index (χ2v) is 4.97. The van der Waals surface area contributed by atoms with Gasteiger partial charge >= 0.3 is 0 Å². The van der Waals surface area contributed by atoms with E-state index in [0.717, 1.165) is 17.9 Å². The van der Waals surface area contributed by atoms with E-state index >= 15 is 0 Å². The molecular weight excluding hydrogens is 270 g/mol. The van der Waals surface area contributed by atoms with Crippen molar-refractivity contribution in [1.29, 1.82) is 0 Å². The Kier molecular flexibility index (Phi) is 5.05. The van der Waals surface area contributed by atoms with E-state index in [-0.39, 0.29) is 12.4 Å². The Morgan fingerprint density at radius 3 is 2.45 bits per heavy atom. The molecule has 1 N–H and O–H groups in total. The fourth-order valence-corrected chi connectivity index (χ4v) is 2.75. The summed E-state index contributed by atoms with van der Waals surface area (Å²) in [4.78, 5) is 0. The van der Waals surface area contributed by atoms with Crippen LogP contribution in [0.3, 0.4) is 0 Å². The van der Waals surface area contributed by atoms with Crippen molar-refractivity contribution in [2.24, 2.45) is 0 Å². The van der Waals surface area contributed by atoms with Gasteiger partial charge in [-0.15, -0.1) is 12.4 Å². The van der Waals surface area contributed by atoms with Crippen LogP contribution in [0.5, 0.6) is 5.75 Å². The fraction of sp³-hybridized carbons (Fsp3) is 0.294. The second-order valence-electron chi connectivity index (χ2n) is 4.97. The summed E-state index contributed by atoms with van der Waals surface area (Å²) in [5, 5.41) is 3.53. The third kappa shape index (κ3) is 2.97. The van der Waals surface area contributed by atoms with Crippen LogP contribution in [0.1, 0.15) is 24.4 Å². The molecule has 0 saturated carbocycles. The lowest BCUT2D eigenvalue weighted by molar-refractivity contribution is 0.416. The normalized spacial score (nSPS) is 17.6. The number of benzene rings is 2. The first kappa shape index (κ1) is 14.9. The SMILES string of the molecule is COc1ccccc1-c1ccc(C2CCCN2)cc1.Cl. The summed E-state index contributed by atoms with van der Waals surface area (Å²) >= 11 is 0. The lowest BCUT2D eigenvalue weighted by Crippen LogP contribution is -2.12. The molecule has 1 fully saturated rings. The summed E-state index contributed by atoms with van der Waals surface area (Å²) in [5.74, 6) is 0.925. The maximum atomic E-state index is 5.42. The third-order valence-electron chi connectivity index (χ3n) is 3.79. The second kappa shape index (κ2) is 6.78.